The van der Waals surface area contributed by atoms with Crippen molar-refractivity contribution >= 4 is 0 Å². The Labute approximate surface area is 105 Å². The molecule has 4 heteroatoms. The average molecular weight is 238 g/mol. The zero-order valence-corrected chi connectivity index (χ0v) is 11.6. The Morgan fingerprint density at radius 2 is 2.18 bits per heavy atom. The quantitative estimate of drug-likeness (QED) is 0.786. The fourth-order valence-corrected chi connectivity index (χ4v) is 1.82. The van der Waals surface area contributed by atoms with Crippen LogP contribution in [0.25, 0.3) is 0 Å². The lowest BCUT2D eigenvalue weighted by Crippen LogP contribution is -2.32. The van der Waals surface area contributed by atoms with Gasteiger partial charge in [0.05, 0.1) is 12.0 Å². The number of aryl methyl sites for hydroxylation is 1. The van der Waals surface area contributed by atoms with Crippen LogP contribution in [0, 0.1) is 5.92 Å². The Morgan fingerprint density at radius 3 is 2.76 bits per heavy atom. The van der Waals surface area contributed by atoms with Crippen molar-refractivity contribution in [2.24, 2.45) is 11.7 Å². The Bertz CT molecular complexity index is 319. The maximum atomic E-state index is 6.05. The molecule has 1 aromatic rings. The van der Waals surface area contributed by atoms with Gasteiger partial charge in [-0.05, 0) is 32.9 Å². The molecule has 0 saturated carbocycles. The van der Waals surface area contributed by atoms with Crippen molar-refractivity contribution in [1.82, 2.24) is 14.5 Å². The van der Waals surface area contributed by atoms with E-state index in [2.05, 4.69) is 42.3 Å². The predicted molar refractivity (Wildman–Crippen MR) is 71.7 cm³/mol. The lowest BCUT2D eigenvalue weighted by Gasteiger charge is -2.21. The van der Waals surface area contributed by atoms with Gasteiger partial charge in [0.25, 0.3) is 0 Å². The lowest BCUT2D eigenvalue weighted by atomic mass is 10.0. The largest absolute Gasteiger partial charge is 0.334 e. The van der Waals surface area contributed by atoms with Crippen LogP contribution >= 0.6 is 0 Å². The van der Waals surface area contributed by atoms with Crippen molar-refractivity contribution in [2.45, 2.75) is 46.3 Å². The third-order valence-corrected chi connectivity index (χ3v) is 3.27. The van der Waals surface area contributed by atoms with Crippen LogP contribution in [0.5, 0.6) is 0 Å². The van der Waals surface area contributed by atoms with E-state index in [0.717, 1.165) is 26.1 Å². The summed E-state index contributed by atoms with van der Waals surface area (Å²) in [6.45, 7) is 9.45. The number of aromatic nitrogens is 2. The van der Waals surface area contributed by atoms with E-state index in [0.29, 0.717) is 12.0 Å². The van der Waals surface area contributed by atoms with Crippen LogP contribution in [0.4, 0.5) is 0 Å². The lowest BCUT2D eigenvalue weighted by molar-refractivity contribution is 0.290. The minimum atomic E-state index is 0.300. The first-order valence-electron chi connectivity index (χ1n) is 6.47. The van der Waals surface area contributed by atoms with Gasteiger partial charge < -0.3 is 15.2 Å². The van der Waals surface area contributed by atoms with E-state index in [1.807, 2.05) is 12.5 Å². The molecular formula is C13H26N4. The molecule has 0 aliphatic heterocycles. The van der Waals surface area contributed by atoms with Gasteiger partial charge in [-0.15, -0.1) is 0 Å². The molecule has 1 rings (SSSR count). The van der Waals surface area contributed by atoms with E-state index in [1.54, 1.807) is 0 Å². The molecule has 0 amide bonds. The van der Waals surface area contributed by atoms with E-state index < -0.39 is 0 Å². The topological polar surface area (TPSA) is 47.1 Å². The SMILES string of the molecule is CCn1cncc1CN(C)CCC(N)C(C)C. The molecular weight excluding hydrogens is 212 g/mol. The van der Waals surface area contributed by atoms with Crippen LogP contribution < -0.4 is 5.73 Å². The predicted octanol–water partition coefficient (Wildman–Crippen LogP) is 1.71. The highest BCUT2D eigenvalue weighted by Gasteiger charge is 2.10. The summed E-state index contributed by atoms with van der Waals surface area (Å²) in [5, 5.41) is 0. The Morgan fingerprint density at radius 1 is 1.47 bits per heavy atom. The van der Waals surface area contributed by atoms with E-state index in [-0.39, 0.29) is 0 Å². The van der Waals surface area contributed by atoms with Gasteiger partial charge in [-0.3, -0.25) is 0 Å². The summed E-state index contributed by atoms with van der Waals surface area (Å²) in [4.78, 5) is 6.49. The molecule has 0 spiro atoms. The molecule has 2 N–H and O–H groups in total. The Balaban J connectivity index is 2.37. The van der Waals surface area contributed by atoms with Gasteiger partial charge in [0, 0.05) is 25.3 Å². The van der Waals surface area contributed by atoms with Crippen molar-refractivity contribution in [2.75, 3.05) is 13.6 Å². The minimum absolute atomic E-state index is 0.300. The highest BCUT2D eigenvalue weighted by atomic mass is 15.1. The van der Waals surface area contributed by atoms with Crippen molar-refractivity contribution < 1.29 is 0 Å². The van der Waals surface area contributed by atoms with Crippen LogP contribution in [-0.2, 0) is 13.1 Å². The number of nitrogens with two attached hydrogens (primary N) is 1. The Hall–Kier alpha value is -0.870. The first kappa shape index (κ1) is 14.2. The van der Waals surface area contributed by atoms with Crippen LogP contribution in [0.3, 0.4) is 0 Å². The number of rotatable bonds is 7. The zero-order chi connectivity index (χ0) is 12.8. The van der Waals surface area contributed by atoms with E-state index >= 15 is 0 Å². The van der Waals surface area contributed by atoms with Crippen molar-refractivity contribution in [3.05, 3.63) is 18.2 Å². The molecule has 0 bridgehead atoms. The second-order valence-electron chi connectivity index (χ2n) is 5.11. The summed E-state index contributed by atoms with van der Waals surface area (Å²) >= 11 is 0. The van der Waals surface area contributed by atoms with Crippen molar-refractivity contribution in [3.8, 4) is 0 Å². The first-order chi connectivity index (χ1) is 8.04. The summed E-state index contributed by atoms with van der Waals surface area (Å²) in [5.41, 5.74) is 7.32. The van der Waals surface area contributed by atoms with Crippen LogP contribution in [0.15, 0.2) is 12.5 Å². The van der Waals surface area contributed by atoms with Crippen LogP contribution in [0.2, 0.25) is 0 Å². The smallest absolute Gasteiger partial charge is 0.0948 e. The minimum Gasteiger partial charge on any atom is -0.334 e. The van der Waals surface area contributed by atoms with Gasteiger partial charge in [-0.1, -0.05) is 13.8 Å². The summed E-state index contributed by atoms with van der Waals surface area (Å²) in [5.74, 6) is 0.560. The van der Waals surface area contributed by atoms with Crippen LogP contribution in [-0.4, -0.2) is 34.1 Å². The standard InChI is InChI=1S/C13H26N4/c1-5-17-10-15-8-12(17)9-16(4)7-6-13(14)11(2)3/h8,10-11,13H,5-7,9,14H2,1-4H3. The summed E-state index contributed by atoms with van der Waals surface area (Å²) < 4.78 is 2.18. The fourth-order valence-electron chi connectivity index (χ4n) is 1.82. The molecule has 1 aromatic heterocycles. The molecule has 4 nitrogen and oxygen atoms in total. The molecule has 0 aromatic carbocycles. The van der Waals surface area contributed by atoms with E-state index in [1.165, 1.54) is 5.69 Å². The maximum absolute atomic E-state index is 6.05. The van der Waals surface area contributed by atoms with Gasteiger partial charge in [-0.25, -0.2) is 4.98 Å². The van der Waals surface area contributed by atoms with Crippen molar-refractivity contribution in [3.63, 3.8) is 0 Å². The monoisotopic (exact) mass is 238 g/mol. The van der Waals surface area contributed by atoms with Gasteiger partial charge in [0.1, 0.15) is 0 Å². The van der Waals surface area contributed by atoms with Gasteiger partial charge >= 0.3 is 0 Å². The Kier molecular flexibility index (Phi) is 5.65. The van der Waals surface area contributed by atoms with Crippen molar-refractivity contribution in [1.29, 1.82) is 0 Å². The highest BCUT2D eigenvalue weighted by Crippen LogP contribution is 2.07. The molecule has 1 heterocycles. The maximum Gasteiger partial charge on any atom is 0.0948 e. The average Bonchev–Trinajstić information content (AvgIpc) is 2.72. The normalized spacial score (nSPS) is 13.6. The molecule has 1 unspecified atom stereocenters. The number of imidazole rings is 1. The first-order valence-corrected chi connectivity index (χ1v) is 6.47. The fraction of sp³-hybridized carbons (Fsp3) is 0.769. The van der Waals surface area contributed by atoms with Gasteiger partial charge in [-0.2, -0.15) is 0 Å². The van der Waals surface area contributed by atoms with E-state index in [9.17, 15) is 0 Å². The molecule has 98 valence electrons. The molecule has 0 saturated heterocycles. The second kappa shape index (κ2) is 6.77. The molecule has 0 aliphatic rings. The summed E-state index contributed by atoms with van der Waals surface area (Å²) in [6.07, 6.45) is 4.89. The molecule has 0 fully saturated rings. The number of hydrogen-bond acceptors (Lipinski definition) is 3. The summed E-state index contributed by atoms with van der Waals surface area (Å²) in [7, 11) is 2.14. The highest BCUT2D eigenvalue weighted by molar-refractivity contribution is 4.97. The molecule has 0 radical (unpaired) electrons. The van der Waals surface area contributed by atoms with Gasteiger partial charge in [0.2, 0.25) is 0 Å². The molecule has 0 aliphatic carbocycles. The molecule has 1 atom stereocenters. The number of nitrogens with zero attached hydrogens (tertiary/aromatic N) is 3. The second-order valence-corrected chi connectivity index (χ2v) is 5.11. The zero-order valence-electron chi connectivity index (χ0n) is 11.6. The van der Waals surface area contributed by atoms with Crippen LogP contribution in [0.1, 0.15) is 32.9 Å². The third kappa shape index (κ3) is 4.48. The summed E-state index contributed by atoms with van der Waals surface area (Å²) in [6, 6.07) is 0.300. The number of hydrogen-bond donors (Lipinski definition) is 1. The third-order valence-electron chi connectivity index (χ3n) is 3.27. The van der Waals surface area contributed by atoms with Gasteiger partial charge in [0.15, 0.2) is 0 Å². The van der Waals surface area contributed by atoms with E-state index in [4.69, 9.17) is 5.73 Å². The molecule has 17 heavy (non-hydrogen) atoms.